The largest absolute Gasteiger partial charge is 0.380 e. The van der Waals surface area contributed by atoms with Crippen molar-refractivity contribution >= 4 is 0 Å². The first-order chi connectivity index (χ1) is 7.74. The fourth-order valence-corrected chi connectivity index (χ4v) is 1.67. The van der Waals surface area contributed by atoms with Gasteiger partial charge in [-0.2, -0.15) is 5.10 Å². The van der Waals surface area contributed by atoms with Gasteiger partial charge in [-0.3, -0.25) is 4.68 Å². The van der Waals surface area contributed by atoms with Gasteiger partial charge in [-0.05, 0) is 12.5 Å². The van der Waals surface area contributed by atoms with Gasteiger partial charge in [-0.25, -0.2) is 4.68 Å². The molecule has 0 aliphatic rings. The van der Waals surface area contributed by atoms with E-state index in [-0.39, 0.29) is 0 Å². The summed E-state index contributed by atoms with van der Waals surface area (Å²) in [6, 6.07) is 1.79. The smallest absolute Gasteiger partial charge is 0.139 e. The van der Waals surface area contributed by atoms with E-state index in [0.717, 1.165) is 18.7 Å². The van der Waals surface area contributed by atoms with Crippen LogP contribution in [0.4, 0.5) is 0 Å². The zero-order valence-electron chi connectivity index (χ0n) is 9.41. The molecule has 2 aromatic heterocycles. The molecular formula is C10H15N5O. The van der Waals surface area contributed by atoms with Crippen LogP contribution in [0.3, 0.4) is 0 Å². The molecule has 0 aromatic carbocycles. The number of aromatic nitrogens is 5. The predicted molar refractivity (Wildman–Crippen MR) is 57.6 cm³/mol. The first kappa shape index (κ1) is 10.8. The number of nitrogens with zero attached hydrogens (tertiary/aromatic N) is 5. The van der Waals surface area contributed by atoms with Crippen LogP contribution >= 0.6 is 0 Å². The standard InChI is InChI=1S/C10H15N5O/c1-3-6-15-9(7-11-13-15)10(16)8-4-5-12-14(8)2/h4-5,7,10,16H,3,6H2,1-2H3. The molecule has 0 radical (unpaired) electrons. The summed E-state index contributed by atoms with van der Waals surface area (Å²) in [6.07, 6.45) is 3.47. The van der Waals surface area contributed by atoms with Crippen LogP contribution in [0.1, 0.15) is 30.8 Å². The predicted octanol–water partition coefficient (Wildman–Crippen LogP) is 0.503. The van der Waals surface area contributed by atoms with Crippen LogP contribution in [0.2, 0.25) is 0 Å². The summed E-state index contributed by atoms with van der Waals surface area (Å²) < 4.78 is 3.37. The van der Waals surface area contributed by atoms with E-state index >= 15 is 0 Å². The van der Waals surface area contributed by atoms with Crippen molar-refractivity contribution in [1.82, 2.24) is 24.8 Å². The maximum absolute atomic E-state index is 10.2. The van der Waals surface area contributed by atoms with Crippen molar-refractivity contribution in [2.75, 3.05) is 0 Å². The van der Waals surface area contributed by atoms with E-state index in [0.29, 0.717) is 5.69 Å². The number of hydrogen-bond acceptors (Lipinski definition) is 4. The van der Waals surface area contributed by atoms with Crippen LogP contribution in [0.25, 0.3) is 0 Å². The van der Waals surface area contributed by atoms with Gasteiger partial charge >= 0.3 is 0 Å². The maximum Gasteiger partial charge on any atom is 0.139 e. The summed E-state index contributed by atoms with van der Waals surface area (Å²) in [5, 5.41) is 22.0. The third-order valence-electron chi connectivity index (χ3n) is 2.50. The van der Waals surface area contributed by atoms with Crippen molar-refractivity contribution in [3.8, 4) is 0 Å². The summed E-state index contributed by atoms with van der Waals surface area (Å²) in [7, 11) is 1.80. The molecule has 86 valence electrons. The fourth-order valence-electron chi connectivity index (χ4n) is 1.67. The lowest BCUT2D eigenvalue weighted by molar-refractivity contribution is 0.197. The van der Waals surface area contributed by atoms with Gasteiger partial charge in [-0.1, -0.05) is 12.1 Å². The molecule has 2 rings (SSSR count). The van der Waals surface area contributed by atoms with E-state index in [9.17, 15) is 5.11 Å². The van der Waals surface area contributed by atoms with Gasteiger partial charge in [0.1, 0.15) is 6.10 Å². The van der Waals surface area contributed by atoms with Crippen LogP contribution in [-0.4, -0.2) is 29.9 Å². The first-order valence-electron chi connectivity index (χ1n) is 5.28. The average molecular weight is 221 g/mol. The molecular weight excluding hydrogens is 206 g/mol. The SMILES string of the molecule is CCCn1nncc1C(O)c1ccnn1C. The van der Waals surface area contributed by atoms with Crippen LogP contribution < -0.4 is 0 Å². The summed E-state index contributed by atoms with van der Waals surface area (Å²) in [4.78, 5) is 0. The van der Waals surface area contributed by atoms with E-state index in [1.54, 1.807) is 34.9 Å². The molecule has 6 nitrogen and oxygen atoms in total. The van der Waals surface area contributed by atoms with Gasteiger partial charge in [0.25, 0.3) is 0 Å². The van der Waals surface area contributed by atoms with Crippen molar-refractivity contribution in [2.45, 2.75) is 26.0 Å². The Bertz CT molecular complexity index is 461. The van der Waals surface area contributed by atoms with Crippen LogP contribution in [0.15, 0.2) is 18.5 Å². The molecule has 0 aliphatic heterocycles. The maximum atomic E-state index is 10.2. The minimum Gasteiger partial charge on any atom is -0.380 e. The molecule has 0 fully saturated rings. The lowest BCUT2D eigenvalue weighted by Gasteiger charge is -2.12. The van der Waals surface area contributed by atoms with Crippen LogP contribution in [0, 0.1) is 0 Å². The van der Waals surface area contributed by atoms with E-state index < -0.39 is 6.10 Å². The van der Waals surface area contributed by atoms with Gasteiger partial charge < -0.3 is 5.11 Å². The van der Waals surface area contributed by atoms with Gasteiger partial charge in [0.2, 0.25) is 0 Å². The Hall–Kier alpha value is -1.69. The Morgan fingerprint density at radius 3 is 2.88 bits per heavy atom. The molecule has 0 saturated carbocycles. The average Bonchev–Trinajstić information content (AvgIpc) is 2.87. The minimum atomic E-state index is -0.728. The third-order valence-corrected chi connectivity index (χ3v) is 2.50. The third kappa shape index (κ3) is 1.83. The molecule has 6 heteroatoms. The molecule has 1 atom stereocenters. The van der Waals surface area contributed by atoms with Gasteiger partial charge in [0.15, 0.2) is 0 Å². The zero-order valence-corrected chi connectivity index (χ0v) is 9.41. The molecule has 2 heterocycles. The Balaban J connectivity index is 2.30. The van der Waals surface area contributed by atoms with Crippen molar-refractivity contribution in [1.29, 1.82) is 0 Å². The second-order valence-electron chi connectivity index (χ2n) is 3.66. The lowest BCUT2D eigenvalue weighted by Crippen LogP contribution is -2.13. The van der Waals surface area contributed by atoms with E-state index in [4.69, 9.17) is 0 Å². The van der Waals surface area contributed by atoms with E-state index in [1.165, 1.54) is 0 Å². The molecule has 0 saturated heterocycles. The molecule has 1 unspecified atom stereocenters. The summed E-state index contributed by atoms with van der Waals surface area (Å²) in [5.41, 5.74) is 1.44. The second kappa shape index (κ2) is 4.44. The molecule has 0 spiro atoms. The first-order valence-corrected chi connectivity index (χ1v) is 5.28. The molecule has 1 N–H and O–H groups in total. The Morgan fingerprint density at radius 1 is 1.44 bits per heavy atom. The Labute approximate surface area is 93.5 Å². The highest BCUT2D eigenvalue weighted by atomic mass is 16.3. The monoisotopic (exact) mass is 221 g/mol. The summed E-state index contributed by atoms with van der Waals surface area (Å²) in [6.45, 7) is 2.81. The number of hydrogen-bond donors (Lipinski definition) is 1. The lowest BCUT2D eigenvalue weighted by atomic mass is 10.2. The number of aliphatic hydroxyl groups excluding tert-OH is 1. The van der Waals surface area contributed by atoms with Crippen molar-refractivity contribution in [2.24, 2.45) is 7.05 Å². The number of aliphatic hydroxyl groups is 1. The molecule has 0 amide bonds. The zero-order chi connectivity index (χ0) is 11.5. The fraction of sp³-hybridized carbons (Fsp3) is 0.500. The van der Waals surface area contributed by atoms with Gasteiger partial charge in [0.05, 0.1) is 17.6 Å². The Kier molecular flexibility index (Phi) is 3.00. The van der Waals surface area contributed by atoms with E-state index in [2.05, 4.69) is 22.3 Å². The highest BCUT2D eigenvalue weighted by molar-refractivity contribution is 5.16. The van der Waals surface area contributed by atoms with Crippen molar-refractivity contribution < 1.29 is 5.11 Å². The van der Waals surface area contributed by atoms with Crippen molar-refractivity contribution in [3.05, 3.63) is 29.8 Å². The highest BCUT2D eigenvalue weighted by Crippen LogP contribution is 2.19. The van der Waals surface area contributed by atoms with Crippen molar-refractivity contribution in [3.63, 3.8) is 0 Å². The van der Waals surface area contributed by atoms with Crippen LogP contribution in [-0.2, 0) is 13.6 Å². The normalized spacial score (nSPS) is 12.9. The summed E-state index contributed by atoms with van der Waals surface area (Å²) >= 11 is 0. The molecule has 0 aliphatic carbocycles. The number of rotatable bonds is 4. The van der Waals surface area contributed by atoms with Gasteiger partial charge in [0, 0.05) is 19.8 Å². The van der Waals surface area contributed by atoms with Gasteiger partial charge in [-0.15, -0.1) is 5.10 Å². The molecule has 16 heavy (non-hydrogen) atoms. The number of aryl methyl sites for hydroxylation is 2. The second-order valence-corrected chi connectivity index (χ2v) is 3.66. The minimum absolute atomic E-state index is 0.699. The topological polar surface area (TPSA) is 68.8 Å². The van der Waals surface area contributed by atoms with Crippen LogP contribution in [0.5, 0.6) is 0 Å². The highest BCUT2D eigenvalue weighted by Gasteiger charge is 2.18. The quantitative estimate of drug-likeness (QED) is 0.816. The molecule has 0 bridgehead atoms. The molecule has 2 aromatic rings. The van der Waals surface area contributed by atoms with E-state index in [1.807, 2.05) is 0 Å². The Morgan fingerprint density at radius 2 is 2.25 bits per heavy atom. The summed E-state index contributed by atoms with van der Waals surface area (Å²) in [5.74, 6) is 0.